The fraction of sp³-hybridized carbons (Fsp3) is 0.652. The van der Waals surface area contributed by atoms with E-state index in [1.54, 1.807) is 6.33 Å². The summed E-state index contributed by atoms with van der Waals surface area (Å²) in [5.74, 6) is 1.79. The van der Waals surface area contributed by atoms with E-state index < -0.39 is 0 Å². The first-order chi connectivity index (χ1) is 14.2. The van der Waals surface area contributed by atoms with Crippen LogP contribution in [0.5, 0.6) is 0 Å². The second-order valence-corrected chi connectivity index (χ2v) is 8.86. The Balaban J connectivity index is 1.25. The van der Waals surface area contributed by atoms with Crippen molar-refractivity contribution in [3.8, 4) is 0 Å². The lowest BCUT2D eigenvalue weighted by atomic mass is 10.1. The molecule has 3 heterocycles. The summed E-state index contributed by atoms with van der Waals surface area (Å²) in [6.07, 6.45) is 12.4. The van der Waals surface area contributed by atoms with Gasteiger partial charge in [0.1, 0.15) is 17.8 Å². The van der Waals surface area contributed by atoms with Crippen LogP contribution in [0.1, 0.15) is 57.1 Å². The van der Waals surface area contributed by atoms with Gasteiger partial charge in [0.2, 0.25) is 0 Å². The fourth-order valence-electron chi connectivity index (χ4n) is 4.81. The summed E-state index contributed by atoms with van der Waals surface area (Å²) in [6.45, 7) is 11.4. The van der Waals surface area contributed by atoms with Crippen LogP contribution in [0.25, 0.3) is 11.0 Å². The SMILES string of the molecule is C=C(C)CCNCCCNC[C@@H]1CC[C@H](n2cc3c4c(ncnc42)NCCC3)C1. The molecule has 1 fully saturated rings. The van der Waals surface area contributed by atoms with Gasteiger partial charge in [-0.1, -0.05) is 5.57 Å². The minimum atomic E-state index is 0.573. The lowest BCUT2D eigenvalue weighted by Crippen LogP contribution is -2.26. The molecule has 1 saturated carbocycles. The van der Waals surface area contributed by atoms with Gasteiger partial charge in [-0.3, -0.25) is 0 Å². The summed E-state index contributed by atoms with van der Waals surface area (Å²) in [5, 5.41) is 11.9. The minimum Gasteiger partial charge on any atom is -0.369 e. The van der Waals surface area contributed by atoms with E-state index in [2.05, 4.69) is 50.2 Å². The molecule has 2 aliphatic rings. The van der Waals surface area contributed by atoms with E-state index >= 15 is 0 Å². The third-order valence-corrected chi connectivity index (χ3v) is 6.38. The lowest BCUT2D eigenvalue weighted by molar-refractivity contribution is 0.451. The Morgan fingerprint density at radius 1 is 1.24 bits per heavy atom. The number of aromatic nitrogens is 3. The van der Waals surface area contributed by atoms with Crippen molar-refractivity contribution in [3.05, 3.63) is 30.2 Å². The van der Waals surface area contributed by atoms with Crippen LogP contribution in [0.3, 0.4) is 0 Å². The molecule has 6 heteroatoms. The molecule has 1 aliphatic carbocycles. The normalized spacial score (nSPS) is 21.3. The molecule has 3 N–H and O–H groups in total. The van der Waals surface area contributed by atoms with E-state index in [1.165, 1.54) is 42.2 Å². The number of nitrogens with one attached hydrogen (secondary N) is 3. The first-order valence-electron chi connectivity index (χ1n) is 11.4. The molecule has 2 aromatic rings. The van der Waals surface area contributed by atoms with E-state index in [9.17, 15) is 0 Å². The van der Waals surface area contributed by atoms with Crippen LogP contribution >= 0.6 is 0 Å². The molecule has 0 bridgehead atoms. The summed E-state index contributed by atoms with van der Waals surface area (Å²) in [7, 11) is 0. The second kappa shape index (κ2) is 9.72. The van der Waals surface area contributed by atoms with E-state index in [0.717, 1.165) is 69.4 Å². The topological polar surface area (TPSA) is 66.8 Å². The lowest BCUT2D eigenvalue weighted by Gasteiger charge is -2.15. The van der Waals surface area contributed by atoms with Gasteiger partial charge in [-0.2, -0.15) is 0 Å². The summed E-state index contributed by atoms with van der Waals surface area (Å²) in [5.41, 5.74) is 3.80. The number of anilines is 1. The molecular formula is C23H36N6. The Morgan fingerprint density at radius 3 is 3.03 bits per heavy atom. The zero-order chi connectivity index (χ0) is 20.1. The molecule has 0 aromatic carbocycles. The van der Waals surface area contributed by atoms with Crippen LogP contribution in [-0.2, 0) is 6.42 Å². The Morgan fingerprint density at radius 2 is 2.14 bits per heavy atom. The summed E-state index contributed by atoms with van der Waals surface area (Å²) < 4.78 is 2.45. The number of rotatable bonds is 10. The molecular weight excluding hydrogens is 360 g/mol. The number of nitrogens with zero attached hydrogens (tertiary/aromatic N) is 3. The fourth-order valence-corrected chi connectivity index (χ4v) is 4.81. The molecule has 2 aromatic heterocycles. The van der Waals surface area contributed by atoms with Gasteiger partial charge in [-0.25, -0.2) is 9.97 Å². The number of aryl methyl sites for hydroxylation is 1. The second-order valence-electron chi connectivity index (χ2n) is 8.86. The van der Waals surface area contributed by atoms with Crippen LogP contribution < -0.4 is 16.0 Å². The molecule has 4 rings (SSSR count). The maximum Gasteiger partial charge on any atom is 0.146 e. The molecule has 6 nitrogen and oxygen atoms in total. The van der Waals surface area contributed by atoms with Crippen LogP contribution in [0.15, 0.2) is 24.7 Å². The Bertz CT molecular complexity index is 826. The van der Waals surface area contributed by atoms with Crippen LogP contribution in [0.2, 0.25) is 0 Å². The molecule has 0 radical (unpaired) electrons. The number of hydrogen-bond acceptors (Lipinski definition) is 5. The van der Waals surface area contributed by atoms with Crippen molar-refractivity contribution >= 4 is 16.9 Å². The molecule has 0 spiro atoms. The molecule has 0 unspecified atom stereocenters. The molecule has 29 heavy (non-hydrogen) atoms. The molecule has 1 aliphatic heterocycles. The van der Waals surface area contributed by atoms with Gasteiger partial charge in [0, 0.05) is 18.8 Å². The summed E-state index contributed by atoms with van der Waals surface area (Å²) >= 11 is 0. The average molecular weight is 397 g/mol. The van der Waals surface area contributed by atoms with E-state index in [-0.39, 0.29) is 0 Å². The van der Waals surface area contributed by atoms with Crippen molar-refractivity contribution in [2.45, 2.75) is 57.9 Å². The van der Waals surface area contributed by atoms with Gasteiger partial charge in [0.25, 0.3) is 0 Å². The van der Waals surface area contributed by atoms with Crippen molar-refractivity contribution in [1.29, 1.82) is 0 Å². The Kier molecular flexibility index (Phi) is 6.82. The molecule has 158 valence electrons. The van der Waals surface area contributed by atoms with Crippen molar-refractivity contribution in [1.82, 2.24) is 25.2 Å². The van der Waals surface area contributed by atoms with Gasteiger partial charge in [-0.05, 0) is 89.5 Å². The van der Waals surface area contributed by atoms with Gasteiger partial charge >= 0.3 is 0 Å². The highest BCUT2D eigenvalue weighted by molar-refractivity contribution is 5.91. The smallest absolute Gasteiger partial charge is 0.146 e. The Labute approximate surface area is 174 Å². The van der Waals surface area contributed by atoms with Gasteiger partial charge in [0.15, 0.2) is 0 Å². The zero-order valence-corrected chi connectivity index (χ0v) is 17.8. The van der Waals surface area contributed by atoms with Crippen molar-refractivity contribution < 1.29 is 0 Å². The highest BCUT2D eigenvalue weighted by Gasteiger charge is 2.28. The summed E-state index contributed by atoms with van der Waals surface area (Å²) in [6, 6.07) is 0.573. The first-order valence-corrected chi connectivity index (χ1v) is 11.4. The standard InChI is InChI=1S/C23H36N6/c1-17(2)8-12-24-9-4-10-25-14-18-6-7-20(13-18)29-15-19-5-3-11-26-22-21(19)23(29)28-16-27-22/h15-16,18,20,24-25H,1,3-14H2,2H3,(H,26,27,28)/t18-,20+/m1/s1. The van der Waals surface area contributed by atoms with Gasteiger partial charge in [-0.15, -0.1) is 6.58 Å². The highest BCUT2D eigenvalue weighted by Crippen LogP contribution is 2.38. The predicted octanol–water partition coefficient (Wildman–Crippen LogP) is 3.67. The third kappa shape index (κ3) is 4.98. The van der Waals surface area contributed by atoms with Crippen LogP contribution in [0, 0.1) is 5.92 Å². The van der Waals surface area contributed by atoms with E-state index in [1.807, 2.05) is 0 Å². The van der Waals surface area contributed by atoms with Crippen LogP contribution in [-0.4, -0.2) is 47.3 Å². The van der Waals surface area contributed by atoms with Gasteiger partial charge in [0.05, 0.1) is 5.39 Å². The van der Waals surface area contributed by atoms with E-state index in [4.69, 9.17) is 0 Å². The van der Waals surface area contributed by atoms with Crippen molar-refractivity contribution in [2.75, 3.05) is 38.0 Å². The summed E-state index contributed by atoms with van der Waals surface area (Å²) in [4.78, 5) is 9.14. The monoisotopic (exact) mass is 396 g/mol. The van der Waals surface area contributed by atoms with Crippen LogP contribution in [0.4, 0.5) is 5.82 Å². The molecule has 0 saturated heterocycles. The Hall–Kier alpha value is -1.92. The predicted molar refractivity (Wildman–Crippen MR) is 121 cm³/mol. The minimum absolute atomic E-state index is 0.573. The van der Waals surface area contributed by atoms with E-state index in [0.29, 0.717) is 6.04 Å². The molecule has 2 atom stereocenters. The van der Waals surface area contributed by atoms with Gasteiger partial charge < -0.3 is 20.5 Å². The average Bonchev–Trinajstić information content (AvgIpc) is 3.26. The van der Waals surface area contributed by atoms with Crippen molar-refractivity contribution in [3.63, 3.8) is 0 Å². The quantitative estimate of drug-likeness (QED) is 0.422. The van der Waals surface area contributed by atoms with Crippen molar-refractivity contribution in [2.24, 2.45) is 5.92 Å². The highest BCUT2D eigenvalue weighted by atomic mass is 15.1. The zero-order valence-electron chi connectivity index (χ0n) is 17.8. The maximum atomic E-state index is 4.66. The maximum absolute atomic E-state index is 4.66. The third-order valence-electron chi connectivity index (χ3n) is 6.38. The first kappa shape index (κ1) is 20.4. The number of hydrogen-bond donors (Lipinski definition) is 3. The largest absolute Gasteiger partial charge is 0.369 e. The molecule has 0 amide bonds.